The average molecular weight is 353 g/mol. The minimum atomic E-state index is 0.202. The Morgan fingerprint density at radius 3 is 2.19 bits per heavy atom. The Morgan fingerprint density at radius 1 is 0.905 bits per heavy atom. The zero-order valence-corrected chi connectivity index (χ0v) is 15.2. The number of rotatable bonds is 8. The second kappa shape index (κ2) is 9.09. The van der Waals surface area contributed by atoms with Gasteiger partial charge in [-0.2, -0.15) is 0 Å². The van der Waals surface area contributed by atoms with Crippen LogP contribution in [0.25, 0.3) is 0 Å². The fourth-order valence-corrected chi connectivity index (χ4v) is 2.43. The van der Waals surface area contributed by atoms with Crippen LogP contribution in [0.5, 0.6) is 5.75 Å². The second-order valence-electron chi connectivity index (χ2n) is 6.14. The van der Waals surface area contributed by atoms with Crippen LogP contribution in [-0.2, 0) is 0 Å². The maximum atomic E-state index is 6.05. The van der Waals surface area contributed by atoms with Gasteiger partial charge in [0.2, 0.25) is 0 Å². The van der Waals surface area contributed by atoms with E-state index in [0.717, 1.165) is 19.4 Å². The van der Waals surface area contributed by atoms with Gasteiger partial charge < -0.3 is 10.1 Å². The highest BCUT2D eigenvalue weighted by molar-refractivity contribution is 6.43. The third-order valence-corrected chi connectivity index (χ3v) is 3.98. The predicted octanol–water partition coefficient (Wildman–Crippen LogP) is 5.97. The molecule has 1 aromatic rings. The Bertz CT molecular complexity index is 444. The number of unbranched alkanes of at least 4 members (excludes halogenated alkanes) is 3. The molecule has 0 aliphatic heterocycles. The standard InChI is InChI=1S/C16H24Cl3NO/c1-16(2,3)20-8-6-4-5-7-9-21-15-11-13(18)12(17)10-14(15)19/h10-11,20H,4-9H2,1-3H3. The van der Waals surface area contributed by atoms with Gasteiger partial charge in [-0.1, -0.05) is 47.6 Å². The summed E-state index contributed by atoms with van der Waals surface area (Å²) in [5, 5.41) is 4.89. The minimum Gasteiger partial charge on any atom is -0.492 e. The molecule has 120 valence electrons. The van der Waals surface area contributed by atoms with Crippen molar-refractivity contribution >= 4 is 34.8 Å². The zero-order valence-electron chi connectivity index (χ0n) is 12.9. The summed E-state index contributed by atoms with van der Waals surface area (Å²) >= 11 is 17.9. The van der Waals surface area contributed by atoms with Crippen molar-refractivity contribution in [1.29, 1.82) is 0 Å². The Morgan fingerprint density at radius 2 is 1.52 bits per heavy atom. The van der Waals surface area contributed by atoms with Crippen LogP contribution in [0.3, 0.4) is 0 Å². The predicted molar refractivity (Wildman–Crippen MR) is 93.2 cm³/mol. The van der Waals surface area contributed by atoms with Crippen LogP contribution in [0.1, 0.15) is 46.5 Å². The summed E-state index contributed by atoms with van der Waals surface area (Å²) in [6, 6.07) is 3.28. The van der Waals surface area contributed by atoms with Crippen molar-refractivity contribution in [2.24, 2.45) is 0 Å². The van der Waals surface area contributed by atoms with Gasteiger partial charge in [0.25, 0.3) is 0 Å². The van der Waals surface area contributed by atoms with Crippen LogP contribution in [0.4, 0.5) is 0 Å². The van der Waals surface area contributed by atoms with Gasteiger partial charge in [0.1, 0.15) is 5.75 Å². The molecule has 0 unspecified atom stereocenters. The first-order chi connectivity index (χ1) is 9.79. The van der Waals surface area contributed by atoms with E-state index in [1.165, 1.54) is 12.8 Å². The molecule has 0 spiro atoms. The molecule has 0 aromatic heterocycles. The van der Waals surface area contributed by atoms with E-state index in [9.17, 15) is 0 Å². The molecule has 0 bridgehead atoms. The molecule has 0 aliphatic rings. The van der Waals surface area contributed by atoms with E-state index in [0.29, 0.717) is 27.4 Å². The maximum Gasteiger partial charge on any atom is 0.139 e. The normalized spacial score (nSPS) is 11.7. The van der Waals surface area contributed by atoms with Gasteiger partial charge in [0.05, 0.1) is 21.7 Å². The summed E-state index contributed by atoms with van der Waals surface area (Å²) in [6.07, 6.45) is 4.53. The Labute approximate surface area is 143 Å². The van der Waals surface area contributed by atoms with E-state index >= 15 is 0 Å². The van der Waals surface area contributed by atoms with E-state index < -0.39 is 0 Å². The molecule has 1 N–H and O–H groups in total. The van der Waals surface area contributed by atoms with Crippen molar-refractivity contribution < 1.29 is 4.74 Å². The lowest BCUT2D eigenvalue weighted by Gasteiger charge is -2.20. The summed E-state index contributed by atoms with van der Waals surface area (Å²) in [6.45, 7) is 8.25. The molecule has 1 rings (SSSR count). The van der Waals surface area contributed by atoms with Crippen molar-refractivity contribution in [3.63, 3.8) is 0 Å². The van der Waals surface area contributed by atoms with Crippen LogP contribution < -0.4 is 10.1 Å². The van der Waals surface area contributed by atoms with Gasteiger partial charge >= 0.3 is 0 Å². The van der Waals surface area contributed by atoms with E-state index in [-0.39, 0.29) is 5.54 Å². The third-order valence-electron chi connectivity index (χ3n) is 2.96. The Balaban J connectivity index is 2.14. The molecule has 5 heteroatoms. The molecule has 0 saturated carbocycles. The monoisotopic (exact) mass is 351 g/mol. The lowest BCUT2D eigenvalue weighted by atomic mass is 10.1. The molecule has 0 fully saturated rings. The van der Waals surface area contributed by atoms with Gasteiger partial charge in [-0.05, 0) is 46.2 Å². The number of hydrogen-bond acceptors (Lipinski definition) is 2. The summed E-state index contributed by atoms with van der Waals surface area (Å²) in [5.41, 5.74) is 0.202. The van der Waals surface area contributed by atoms with Gasteiger partial charge in [-0.3, -0.25) is 0 Å². The Kier molecular flexibility index (Phi) is 8.18. The third kappa shape index (κ3) is 8.15. The molecule has 0 atom stereocenters. The van der Waals surface area contributed by atoms with Gasteiger partial charge in [-0.15, -0.1) is 0 Å². The molecule has 0 heterocycles. The molecule has 1 aromatic carbocycles. The SMILES string of the molecule is CC(C)(C)NCCCCCCOc1cc(Cl)c(Cl)cc1Cl. The highest BCUT2D eigenvalue weighted by Crippen LogP contribution is 2.33. The van der Waals surface area contributed by atoms with Crippen molar-refractivity contribution in [1.82, 2.24) is 5.32 Å². The van der Waals surface area contributed by atoms with Crippen LogP contribution in [0, 0.1) is 0 Å². The number of hydrogen-bond donors (Lipinski definition) is 1. The highest BCUT2D eigenvalue weighted by Gasteiger charge is 2.08. The molecular weight excluding hydrogens is 329 g/mol. The molecular formula is C16H24Cl3NO. The van der Waals surface area contributed by atoms with E-state index in [4.69, 9.17) is 39.5 Å². The van der Waals surface area contributed by atoms with Gasteiger partial charge in [0, 0.05) is 11.6 Å². The summed E-state index contributed by atoms with van der Waals surface area (Å²) in [5.74, 6) is 0.598. The van der Waals surface area contributed by atoms with Crippen LogP contribution in [-0.4, -0.2) is 18.7 Å². The number of ether oxygens (including phenoxy) is 1. The van der Waals surface area contributed by atoms with Gasteiger partial charge in [0.15, 0.2) is 0 Å². The number of nitrogens with one attached hydrogen (secondary N) is 1. The molecule has 0 aliphatic carbocycles. The first-order valence-electron chi connectivity index (χ1n) is 7.32. The number of halogens is 3. The fourth-order valence-electron chi connectivity index (χ4n) is 1.84. The van der Waals surface area contributed by atoms with Crippen molar-refractivity contribution in [2.75, 3.05) is 13.2 Å². The van der Waals surface area contributed by atoms with Crippen LogP contribution >= 0.6 is 34.8 Å². The number of benzene rings is 1. The molecule has 2 nitrogen and oxygen atoms in total. The Hall–Kier alpha value is -0.150. The zero-order chi connectivity index (χ0) is 15.9. The first kappa shape index (κ1) is 18.9. The first-order valence-corrected chi connectivity index (χ1v) is 8.45. The maximum absolute atomic E-state index is 6.05. The molecule has 0 radical (unpaired) electrons. The topological polar surface area (TPSA) is 21.3 Å². The van der Waals surface area contributed by atoms with Crippen LogP contribution in [0.2, 0.25) is 15.1 Å². The molecule has 0 saturated heterocycles. The molecule has 21 heavy (non-hydrogen) atoms. The summed E-state index contributed by atoms with van der Waals surface area (Å²) in [4.78, 5) is 0. The van der Waals surface area contributed by atoms with Crippen molar-refractivity contribution in [3.8, 4) is 5.75 Å². The fraction of sp³-hybridized carbons (Fsp3) is 0.625. The second-order valence-corrected chi connectivity index (χ2v) is 7.36. The smallest absolute Gasteiger partial charge is 0.139 e. The lowest BCUT2D eigenvalue weighted by Crippen LogP contribution is -2.36. The van der Waals surface area contributed by atoms with Crippen LogP contribution in [0.15, 0.2) is 12.1 Å². The molecule has 0 amide bonds. The quantitative estimate of drug-likeness (QED) is 0.459. The highest BCUT2D eigenvalue weighted by atomic mass is 35.5. The van der Waals surface area contributed by atoms with Crippen molar-refractivity contribution in [2.45, 2.75) is 52.0 Å². The van der Waals surface area contributed by atoms with E-state index in [1.807, 2.05) is 0 Å². The van der Waals surface area contributed by atoms with Gasteiger partial charge in [-0.25, -0.2) is 0 Å². The minimum absolute atomic E-state index is 0.202. The summed E-state index contributed by atoms with van der Waals surface area (Å²) < 4.78 is 5.64. The average Bonchev–Trinajstić information content (AvgIpc) is 2.37. The van der Waals surface area contributed by atoms with E-state index in [1.54, 1.807) is 12.1 Å². The lowest BCUT2D eigenvalue weighted by molar-refractivity contribution is 0.304. The van der Waals surface area contributed by atoms with Crippen molar-refractivity contribution in [3.05, 3.63) is 27.2 Å². The largest absolute Gasteiger partial charge is 0.492 e. The van der Waals surface area contributed by atoms with E-state index in [2.05, 4.69) is 26.1 Å². The summed E-state index contributed by atoms with van der Waals surface area (Å²) in [7, 11) is 0.